The minimum atomic E-state index is -2.75. The fraction of sp³-hybridized carbons (Fsp3) is 0.586. The van der Waals surface area contributed by atoms with Crippen molar-refractivity contribution in [2.75, 3.05) is 39.7 Å². The van der Waals surface area contributed by atoms with Crippen molar-refractivity contribution in [2.45, 2.75) is 58.2 Å². The number of rotatable bonds is 9. The number of likely N-dealkylation sites (N-methyl/N-ethyl adjacent to an activating group) is 1. The number of Topliss-reactive ketones (excluding diaryl/α,β-unsaturated/α-hetero) is 2. The van der Waals surface area contributed by atoms with Crippen LogP contribution in [0.2, 0.25) is 0 Å². The number of nitrogens with zero attached hydrogens (tertiary/aromatic N) is 2. The highest BCUT2D eigenvalue weighted by molar-refractivity contribution is 6.23. The van der Waals surface area contributed by atoms with Gasteiger partial charge >= 0.3 is 0 Å². The quantitative estimate of drug-likeness (QED) is 0.223. The average Bonchev–Trinajstić information content (AvgIpc) is 2.84. The Morgan fingerprint density at radius 2 is 1.78 bits per heavy atom. The number of phenolic OH excluding ortho intramolecular Hbond substituents is 1. The molecule has 1 aromatic rings. The van der Waals surface area contributed by atoms with Crippen LogP contribution in [-0.4, -0.2) is 95.1 Å². The normalized spacial score (nSPS) is 23.1. The summed E-state index contributed by atoms with van der Waals surface area (Å²) in [5, 5.41) is 47.5. The zero-order valence-electron chi connectivity index (χ0n) is 24.7. The second-order valence-corrected chi connectivity index (χ2v) is 12.5. The average molecular weight is 575 g/mol. The molecule has 12 nitrogen and oxygen atoms in total. The first-order valence-corrected chi connectivity index (χ1v) is 13.5. The minimum absolute atomic E-state index is 0.0198. The van der Waals surface area contributed by atoms with Crippen molar-refractivity contribution in [3.63, 3.8) is 0 Å². The Balaban J connectivity index is 2.24. The number of amides is 2. The van der Waals surface area contributed by atoms with Crippen LogP contribution in [0.3, 0.4) is 0 Å². The number of fused-ring (bicyclic) bond motifs is 2. The predicted molar refractivity (Wildman–Crippen MR) is 152 cm³/mol. The van der Waals surface area contributed by atoms with Crippen molar-refractivity contribution in [2.24, 2.45) is 23.0 Å². The largest absolute Gasteiger partial charge is 0.507 e. The highest BCUT2D eigenvalue weighted by atomic mass is 16.3. The van der Waals surface area contributed by atoms with E-state index in [-0.39, 0.29) is 42.2 Å². The van der Waals surface area contributed by atoms with Gasteiger partial charge in [-0.3, -0.25) is 19.2 Å². The van der Waals surface area contributed by atoms with Crippen LogP contribution < -0.4 is 16.0 Å². The number of aromatic hydroxyl groups is 1. The van der Waals surface area contributed by atoms with Crippen molar-refractivity contribution in [3.8, 4) is 5.75 Å². The summed E-state index contributed by atoms with van der Waals surface area (Å²) in [7, 11) is 6.83. The zero-order valence-corrected chi connectivity index (χ0v) is 24.7. The lowest BCUT2D eigenvalue weighted by atomic mass is 9.59. The van der Waals surface area contributed by atoms with Gasteiger partial charge in [-0.25, -0.2) is 0 Å². The number of nitrogens with one attached hydrogen (secondary N) is 1. The van der Waals surface area contributed by atoms with Crippen LogP contribution in [-0.2, 0) is 32.1 Å². The summed E-state index contributed by atoms with van der Waals surface area (Å²) < 4.78 is 0. The minimum Gasteiger partial charge on any atom is -0.507 e. The molecule has 0 radical (unpaired) electrons. The third kappa shape index (κ3) is 5.68. The van der Waals surface area contributed by atoms with Gasteiger partial charge in [-0.15, -0.1) is 0 Å². The number of hydrogen-bond donors (Lipinski definition) is 6. The van der Waals surface area contributed by atoms with Crippen LogP contribution in [0.5, 0.6) is 5.75 Å². The van der Waals surface area contributed by atoms with Crippen LogP contribution >= 0.6 is 0 Å². The highest BCUT2D eigenvalue weighted by Gasteiger charge is 2.60. The molecule has 0 bridgehead atoms. The number of ketones is 2. The highest BCUT2D eigenvalue weighted by Crippen LogP contribution is 2.51. The van der Waals surface area contributed by atoms with E-state index >= 15 is 0 Å². The molecule has 41 heavy (non-hydrogen) atoms. The maximum atomic E-state index is 14.0. The van der Waals surface area contributed by atoms with Crippen LogP contribution in [0.1, 0.15) is 50.3 Å². The molecule has 4 atom stereocenters. The third-order valence-electron chi connectivity index (χ3n) is 8.16. The number of anilines is 1. The molecular weight excluding hydrogens is 532 g/mol. The number of benzene rings is 1. The van der Waals surface area contributed by atoms with Gasteiger partial charge in [0.2, 0.25) is 17.6 Å². The van der Waals surface area contributed by atoms with Gasteiger partial charge in [0, 0.05) is 54.8 Å². The Bertz CT molecular complexity index is 1300. The number of carbonyl (C=O) groups is 4. The van der Waals surface area contributed by atoms with E-state index in [1.165, 1.54) is 0 Å². The molecule has 0 aromatic heterocycles. The third-order valence-corrected chi connectivity index (χ3v) is 8.16. The molecule has 12 heteroatoms. The summed E-state index contributed by atoms with van der Waals surface area (Å²) in [6.45, 7) is 4.70. The number of aliphatic hydroxyl groups is 3. The van der Waals surface area contributed by atoms with E-state index in [0.29, 0.717) is 16.8 Å². The first-order valence-electron chi connectivity index (χ1n) is 13.5. The molecule has 1 aromatic carbocycles. The Morgan fingerprint density at radius 1 is 1.17 bits per heavy atom. The molecule has 226 valence electrons. The topological polar surface area (TPSA) is 194 Å². The SMILES string of the molecule is CN(C)c1cc(CNC(=O)C(C)(C)C)c(O)c2c1C[C@H]1C[C@@H]([C@@H](CO)N(C)C)[C@@](O)(C(=O)CC(N)=O)C(=O)C1=C2O. The molecule has 2 aliphatic rings. The molecule has 2 amide bonds. The fourth-order valence-electron chi connectivity index (χ4n) is 5.92. The standard InChI is InChI=1S/C29H42N4O8/c1-28(2,3)27(40)31-12-15-10-18(32(4)5)16-8-14-9-17(19(13-34)33(6)7)29(41,20(35)11-21(30)36)26(39)22(14)25(38)23(16)24(15)37/h10,14,17,19,34,37-38,41H,8-9,11-13H2,1-7H3,(H2,30,36)(H,31,40)/t14-,17-,19+,29+/m0/s1. The maximum Gasteiger partial charge on any atom is 0.225 e. The molecule has 0 unspecified atom stereocenters. The van der Waals surface area contributed by atoms with Crippen molar-refractivity contribution < 1.29 is 39.6 Å². The number of phenols is 1. The molecule has 0 aliphatic heterocycles. The van der Waals surface area contributed by atoms with Crippen LogP contribution in [0.4, 0.5) is 5.69 Å². The van der Waals surface area contributed by atoms with E-state index in [4.69, 9.17) is 5.73 Å². The van der Waals surface area contributed by atoms with E-state index in [9.17, 15) is 39.6 Å². The smallest absolute Gasteiger partial charge is 0.225 e. The monoisotopic (exact) mass is 574 g/mol. The first-order chi connectivity index (χ1) is 18.9. The van der Waals surface area contributed by atoms with Crippen LogP contribution in [0.15, 0.2) is 11.6 Å². The second-order valence-electron chi connectivity index (χ2n) is 12.5. The van der Waals surface area contributed by atoms with Gasteiger partial charge < -0.3 is 41.3 Å². The molecule has 0 heterocycles. The molecule has 0 saturated heterocycles. The van der Waals surface area contributed by atoms with Gasteiger partial charge in [-0.2, -0.15) is 0 Å². The molecule has 1 fully saturated rings. The lowest BCUT2D eigenvalue weighted by Crippen LogP contribution is -2.64. The molecule has 1 saturated carbocycles. The Hall–Kier alpha value is -3.48. The zero-order chi connectivity index (χ0) is 31.2. The first kappa shape index (κ1) is 32.0. The van der Waals surface area contributed by atoms with Crippen molar-refractivity contribution in [1.29, 1.82) is 0 Å². The van der Waals surface area contributed by atoms with Gasteiger partial charge in [0.25, 0.3) is 0 Å². The van der Waals surface area contributed by atoms with Crippen molar-refractivity contribution >= 4 is 34.8 Å². The number of hydrogen-bond acceptors (Lipinski definition) is 10. The fourth-order valence-corrected chi connectivity index (χ4v) is 5.92. The summed E-state index contributed by atoms with van der Waals surface area (Å²) >= 11 is 0. The van der Waals surface area contributed by atoms with Gasteiger partial charge in [-0.1, -0.05) is 20.8 Å². The molecule has 2 aliphatic carbocycles. The number of nitrogens with two attached hydrogens (primary N) is 1. The van der Waals surface area contributed by atoms with Crippen LogP contribution in [0.25, 0.3) is 5.76 Å². The Morgan fingerprint density at radius 3 is 2.27 bits per heavy atom. The van der Waals surface area contributed by atoms with E-state index < -0.39 is 65.2 Å². The van der Waals surface area contributed by atoms with Gasteiger partial charge in [0.1, 0.15) is 11.5 Å². The van der Waals surface area contributed by atoms with Gasteiger partial charge in [0.05, 0.1) is 18.6 Å². The molecule has 0 spiro atoms. The van der Waals surface area contributed by atoms with Gasteiger partial charge in [0.15, 0.2) is 11.4 Å². The second kappa shape index (κ2) is 11.4. The summed E-state index contributed by atoms with van der Waals surface area (Å²) in [6.07, 6.45) is -0.711. The van der Waals surface area contributed by atoms with E-state index in [1.807, 2.05) is 0 Å². The van der Waals surface area contributed by atoms with Gasteiger partial charge in [-0.05, 0) is 44.5 Å². The Kier molecular flexibility index (Phi) is 8.92. The van der Waals surface area contributed by atoms with Crippen molar-refractivity contribution in [3.05, 3.63) is 28.3 Å². The molecule has 7 N–H and O–H groups in total. The summed E-state index contributed by atoms with van der Waals surface area (Å²) in [4.78, 5) is 54.8. The molecule has 3 rings (SSSR count). The predicted octanol–water partition coefficient (Wildman–Crippen LogP) is 0.249. The molecular formula is C29H42N4O8. The summed E-state index contributed by atoms with van der Waals surface area (Å²) in [6, 6.07) is 0.877. The maximum absolute atomic E-state index is 14.0. The number of aliphatic hydroxyl groups excluding tert-OH is 2. The lowest BCUT2D eigenvalue weighted by Gasteiger charge is -2.47. The van der Waals surface area contributed by atoms with E-state index in [1.54, 1.807) is 64.8 Å². The summed E-state index contributed by atoms with van der Waals surface area (Å²) in [5.41, 5.74) is 3.03. The number of primary amides is 1. The Labute approximate surface area is 239 Å². The van der Waals surface area contributed by atoms with Crippen LogP contribution in [0, 0.1) is 17.3 Å². The van der Waals surface area contributed by atoms with Crippen molar-refractivity contribution in [1.82, 2.24) is 10.2 Å². The van der Waals surface area contributed by atoms with E-state index in [0.717, 1.165) is 0 Å². The number of carbonyl (C=O) groups excluding carboxylic acids is 4. The lowest BCUT2D eigenvalue weighted by molar-refractivity contribution is -0.163. The summed E-state index contributed by atoms with van der Waals surface area (Å²) in [5.74, 6) is -6.22. The van der Waals surface area contributed by atoms with E-state index in [2.05, 4.69) is 5.32 Å².